The van der Waals surface area contributed by atoms with Crippen LogP contribution in [0.1, 0.15) is 5.56 Å². The van der Waals surface area contributed by atoms with E-state index in [0.29, 0.717) is 29.2 Å². The van der Waals surface area contributed by atoms with E-state index in [1.807, 2.05) is 48.5 Å². The number of hydrogen-bond donors (Lipinski definition) is 0. The Morgan fingerprint density at radius 1 is 1.00 bits per heavy atom. The van der Waals surface area contributed by atoms with E-state index in [0.717, 1.165) is 34.1 Å². The van der Waals surface area contributed by atoms with Crippen LogP contribution in [0.3, 0.4) is 0 Å². The molecule has 0 N–H and O–H groups in total. The lowest BCUT2D eigenvalue weighted by Gasteiger charge is -2.18. The average molecular weight is 411 g/mol. The van der Waals surface area contributed by atoms with Gasteiger partial charge in [-0.1, -0.05) is 41.6 Å². The van der Waals surface area contributed by atoms with Gasteiger partial charge in [-0.15, -0.1) is 5.10 Å². The highest BCUT2D eigenvalue weighted by molar-refractivity contribution is 7.98. The first-order chi connectivity index (χ1) is 13.8. The standard InChI is InChI=1S/C20H15ClN4O2S/c21-15-4-2-14(3-5-15)16-7-8-22-19-23-20(24-25(16)19)28-12-13-1-6-17-18(11-13)27-10-9-26-17/h1-8,11H,9-10,12H2. The minimum atomic E-state index is 0.567. The summed E-state index contributed by atoms with van der Waals surface area (Å²) in [7, 11) is 0. The normalized spacial score (nSPS) is 13.0. The summed E-state index contributed by atoms with van der Waals surface area (Å²) in [6, 6.07) is 15.5. The summed E-state index contributed by atoms with van der Waals surface area (Å²) in [5.41, 5.74) is 3.05. The monoisotopic (exact) mass is 410 g/mol. The van der Waals surface area contributed by atoms with Gasteiger partial charge in [0.05, 0.1) is 5.69 Å². The lowest BCUT2D eigenvalue weighted by atomic mass is 10.1. The minimum absolute atomic E-state index is 0.567. The predicted molar refractivity (Wildman–Crippen MR) is 108 cm³/mol. The zero-order chi connectivity index (χ0) is 18.9. The van der Waals surface area contributed by atoms with Gasteiger partial charge in [0.25, 0.3) is 5.78 Å². The molecule has 0 atom stereocenters. The Bertz CT molecular complexity index is 1150. The van der Waals surface area contributed by atoms with E-state index in [2.05, 4.69) is 15.1 Å². The molecule has 0 saturated heterocycles. The molecule has 0 radical (unpaired) electrons. The number of ether oxygens (including phenoxy) is 2. The zero-order valence-electron chi connectivity index (χ0n) is 14.7. The van der Waals surface area contributed by atoms with E-state index >= 15 is 0 Å². The maximum Gasteiger partial charge on any atom is 0.253 e. The maximum atomic E-state index is 6.00. The van der Waals surface area contributed by atoms with Crippen molar-refractivity contribution in [3.8, 4) is 22.8 Å². The van der Waals surface area contributed by atoms with Gasteiger partial charge in [-0.05, 0) is 35.9 Å². The van der Waals surface area contributed by atoms with Crippen molar-refractivity contribution in [2.24, 2.45) is 0 Å². The number of fused-ring (bicyclic) bond motifs is 2. The second kappa shape index (κ2) is 7.33. The second-order valence-corrected chi connectivity index (χ2v) is 7.59. The summed E-state index contributed by atoms with van der Waals surface area (Å²) < 4.78 is 13.0. The molecule has 0 fully saturated rings. The fourth-order valence-corrected chi connectivity index (χ4v) is 3.89. The molecule has 0 bridgehead atoms. The molecule has 1 aliphatic rings. The lowest BCUT2D eigenvalue weighted by molar-refractivity contribution is 0.171. The molecular weight excluding hydrogens is 396 g/mol. The molecule has 2 aromatic carbocycles. The van der Waals surface area contributed by atoms with Crippen LogP contribution in [-0.2, 0) is 5.75 Å². The molecule has 5 rings (SSSR count). The molecule has 28 heavy (non-hydrogen) atoms. The van der Waals surface area contributed by atoms with Crippen molar-refractivity contribution in [2.45, 2.75) is 10.9 Å². The predicted octanol–water partition coefficient (Wildman–Crippen LogP) is 4.51. The Balaban J connectivity index is 1.40. The average Bonchev–Trinajstić information content (AvgIpc) is 3.16. The van der Waals surface area contributed by atoms with Gasteiger partial charge in [0.1, 0.15) is 13.2 Å². The van der Waals surface area contributed by atoms with Crippen LogP contribution in [0.4, 0.5) is 0 Å². The highest BCUT2D eigenvalue weighted by Crippen LogP contribution is 2.32. The highest BCUT2D eigenvalue weighted by Gasteiger charge is 2.14. The molecule has 3 heterocycles. The van der Waals surface area contributed by atoms with Gasteiger partial charge in [0.2, 0.25) is 5.16 Å². The first-order valence-electron chi connectivity index (χ1n) is 8.75. The SMILES string of the molecule is Clc1ccc(-c2ccnc3nc(SCc4ccc5c(c4)OCCO5)nn23)cc1. The molecule has 0 spiro atoms. The molecule has 0 amide bonds. The summed E-state index contributed by atoms with van der Waals surface area (Å²) in [4.78, 5) is 8.87. The first kappa shape index (κ1) is 17.3. The Morgan fingerprint density at radius 3 is 2.68 bits per heavy atom. The fourth-order valence-electron chi connectivity index (χ4n) is 3.00. The number of aromatic nitrogens is 4. The van der Waals surface area contributed by atoms with Crippen LogP contribution in [0.5, 0.6) is 11.5 Å². The van der Waals surface area contributed by atoms with Crippen molar-refractivity contribution < 1.29 is 9.47 Å². The molecule has 0 unspecified atom stereocenters. The summed E-state index contributed by atoms with van der Waals surface area (Å²) in [6.07, 6.45) is 1.74. The third kappa shape index (κ3) is 3.39. The van der Waals surface area contributed by atoms with Crippen LogP contribution >= 0.6 is 23.4 Å². The van der Waals surface area contributed by atoms with Gasteiger partial charge in [-0.3, -0.25) is 0 Å². The number of benzene rings is 2. The Labute approximate surface area is 170 Å². The van der Waals surface area contributed by atoms with Crippen molar-refractivity contribution in [3.05, 3.63) is 65.3 Å². The quantitative estimate of drug-likeness (QED) is 0.461. The van der Waals surface area contributed by atoms with Crippen LogP contribution in [0, 0.1) is 0 Å². The zero-order valence-corrected chi connectivity index (χ0v) is 16.3. The highest BCUT2D eigenvalue weighted by atomic mass is 35.5. The van der Waals surface area contributed by atoms with Crippen molar-refractivity contribution >= 4 is 29.1 Å². The van der Waals surface area contributed by atoms with Crippen LogP contribution in [-0.4, -0.2) is 32.8 Å². The molecule has 6 nitrogen and oxygen atoms in total. The van der Waals surface area contributed by atoms with Crippen molar-refractivity contribution in [1.82, 2.24) is 19.6 Å². The van der Waals surface area contributed by atoms with Crippen molar-refractivity contribution in [1.29, 1.82) is 0 Å². The molecule has 2 aromatic heterocycles. The van der Waals surface area contributed by atoms with Gasteiger partial charge in [-0.2, -0.15) is 9.50 Å². The third-order valence-electron chi connectivity index (χ3n) is 4.34. The van der Waals surface area contributed by atoms with E-state index in [1.54, 1.807) is 22.5 Å². The third-order valence-corrected chi connectivity index (χ3v) is 5.50. The van der Waals surface area contributed by atoms with Gasteiger partial charge in [-0.25, -0.2) is 4.98 Å². The number of nitrogens with zero attached hydrogens (tertiary/aromatic N) is 4. The number of halogens is 1. The second-order valence-electron chi connectivity index (χ2n) is 6.21. The molecular formula is C20H15ClN4O2S. The van der Waals surface area contributed by atoms with Crippen molar-refractivity contribution in [3.63, 3.8) is 0 Å². The van der Waals surface area contributed by atoms with E-state index in [9.17, 15) is 0 Å². The van der Waals surface area contributed by atoms with Crippen LogP contribution in [0.2, 0.25) is 5.02 Å². The molecule has 140 valence electrons. The summed E-state index contributed by atoms with van der Waals surface area (Å²) >= 11 is 7.55. The van der Waals surface area contributed by atoms with E-state index in [4.69, 9.17) is 21.1 Å². The summed E-state index contributed by atoms with van der Waals surface area (Å²) in [5, 5.41) is 6.00. The van der Waals surface area contributed by atoms with E-state index in [1.165, 1.54) is 0 Å². The molecule has 1 aliphatic heterocycles. The summed E-state index contributed by atoms with van der Waals surface area (Å²) in [6.45, 7) is 1.17. The summed E-state index contributed by atoms with van der Waals surface area (Å²) in [5.74, 6) is 2.88. The largest absolute Gasteiger partial charge is 0.486 e. The van der Waals surface area contributed by atoms with Gasteiger partial charge in [0.15, 0.2) is 11.5 Å². The van der Waals surface area contributed by atoms with Crippen molar-refractivity contribution in [2.75, 3.05) is 13.2 Å². The number of hydrogen-bond acceptors (Lipinski definition) is 6. The minimum Gasteiger partial charge on any atom is -0.486 e. The Kier molecular flexibility index (Phi) is 4.54. The first-order valence-corrected chi connectivity index (χ1v) is 10.1. The maximum absolute atomic E-state index is 6.00. The van der Waals surface area contributed by atoms with Crippen LogP contribution in [0.25, 0.3) is 17.0 Å². The van der Waals surface area contributed by atoms with Gasteiger partial charge < -0.3 is 9.47 Å². The molecule has 0 saturated carbocycles. The van der Waals surface area contributed by atoms with E-state index in [-0.39, 0.29) is 0 Å². The lowest BCUT2D eigenvalue weighted by Crippen LogP contribution is -2.15. The molecule has 0 aliphatic carbocycles. The van der Waals surface area contributed by atoms with Gasteiger partial charge in [0, 0.05) is 22.5 Å². The van der Waals surface area contributed by atoms with Gasteiger partial charge >= 0.3 is 0 Å². The molecule has 8 heteroatoms. The Hall–Kier alpha value is -2.77. The molecule has 4 aromatic rings. The topological polar surface area (TPSA) is 61.5 Å². The van der Waals surface area contributed by atoms with Crippen LogP contribution < -0.4 is 9.47 Å². The van der Waals surface area contributed by atoms with E-state index < -0.39 is 0 Å². The Morgan fingerprint density at radius 2 is 1.82 bits per heavy atom. The number of thioether (sulfide) groups is 1. The van der Waals surface area contributed by atoms with Crippen LogP contribution in [0.15, 0.2) is 59.9 Å². The smallest absolute Gasteiger partial charge is 0.253 e. The number of rotatable bonds is 4. The fraction of sp³-hybridized carbons (Fsp3) is 0.150.